The van der Waals surface area contributed by atoms with Crippen LogP contribution >= 0.6 is 11.8 Å². The zero-order valence-corrected chi connectivity index (χ0v) is 17.6. The fraction of sp³-hybridized carbons (Fsp3) is 0.318. The largest absolute Gasteiger partial charge is 0.353 e. The number of aromatic nitrogens is 2. The van der Waals surface area contributed by atoms with Crippen molar-refractivity contribution in [3.8, 4) is 5.69 Å². The van der Waals surface area contributed by atoms with Crippen LogP contribution in [0.2, 0.25) is 0 Å². The molecule has 0 aliphatic heterocycles. The number of amides is 1. The lowest BCUT2D eigenvalue weighted by molar-refractivity contribution is -0.120. The molecule has 1 heterocycles. The Bertz CT molecular complexity index is 1090. The summed E-state index contributed by atoms with van der Waals surface area (Å²) in [6.45, 7) is 9.70. The van der Waals surface area contributed by atoms with Gasteiger partial charge in [0.1, 0.15) is 0 Å². The Morgan fingerprint density at radius 3 is 2.50 bits per heavy atom. The Balaban J connectivity index is 2.19. The normalized spacial score (nSPS) is 12.4. The molecule has 3 rings (SSSR count). The van der Waals surface area contributed by atoms with E-state index in [2.05, 4.69) is 5.32 Å². The molecule has 2 aromatic carbocycles. The molecule has 0 aliphatic carbocycles. The first kappa shape index (κ1) is 20.1. The zero-order chi connectivity index (χ0) is 20.4. The average molecular weight is 396 g/mol. The molecule has 0 spiro atoms. The van der Waals surface area contributed by atoms with Crippen molar-refractivity contribution in [2.75, 3.05) is 0 Å². The Morgan fingerprint density at radius 1 is 1.07 bits per heavy atom. The van der Waals surface area contributed by atoms with E-state index in [0.717, 1.165) is 16.8 Å². The second-order valence-electron chi connectivity index (χ2n) is 7.19. The van der Waals surface area contributed by atoms with E-state index < -0.39 is 0 Å². The SMILES string of the molecule is Cc1cccc(-n2c(SC(C)C(=O)NC(C)C)nc3ccccc3c2=O)c1C. The van der Waals surface area contributed by atoms with Crippen LogP contribution in [0.3, 0.4) is 0 Å². The van der Waals surface area contributed by atoms with Gasteiger partial charge in [-0.3, -0.25) is 14.2 Å². The van der Waals surface area contributed by atoms with Gasteiger partial charge < -0.3 is 5.32 Å². The summed E-state index contributed by atoms with van der Waals surface area (Å²) < 4.78 is 1.63. The maximum absolute atomic E-state index is 13.4. The predicted octanol–water partition coefficient (Wildman–Crippen LogP) is 4.01. The van der Waals surface area contributed by atoms with Crippen LogP contribution < -0.4 is 10.9 Å². The molecule has 28 heavy (non-hydrogen) atoms. The van der Waals surface area contributed by atoms with Crippen molar-refractivity contribution in [2.45, 2.75) is 51.1 Å². The molecule has 1 unspecified atom stereocenters. The highest BCUT2D eigenvalue weighted by molar-refractivity contribution is 8.00. The molecule has 1 aromatic heterocycles. The molecule has 5 nitrogen and oxygen atoms in total. The van der Waals surface area contributed by atoms with Crippen LogP contribution in [-0.4, -0.2) is 26.8 Å². The number of nitrogens with one attached hydrogen (secondary N) is 1. The second kappa shape index (κ2) is 8.19. The maximum Gasteiger partial charge on any atom is 0.266 e. The van der Waals surface area contributed by atoms with Crippen molar-refractivity contribution in [1.29, 1.82) is 0 Å². The third-order valence-corrected chi connectivity index (χ3v) is 5.70. The molecule has 0 saturated carbocycles. The molecule has 3 aromatic rings. The van der Waals surface area contributed by atoms with Crippen LogP contribution in [0.5, 0.6) is 0 Å². The van der Waals surface area contributed by atoms with Gasteiger partial charge in [0.2, 0.25) is 5.91 Å². The highest BCUT2D eigenvalue weighted by atomic mass is 32.2. The van der Waals surface area contributed by atoms with Gasteiger partial charge in [-0.1, -0.05) is 36.0 Å². The summed E-state index contributed by atoms with van der Waals surface area (Å²) in [5.41, 5.74) is 3.41. The van der Waals surface area contributed by atoms with E-state index in [-0.39, 0.29) is 22.8 Å². The minimum atomic E-state index is -0.383. The van der Waals surface area contributed by atoms with E-state index in [1.165, 1.54) is 11.8 Å². The van der Waals surface area contributed by atoms with Gasteiger partial charge >= 0.3 is 0 Å². The van der Waals surface area contributed by atoms with Gasteiger partial charge in [0.15, 0.2) is 5.16 Å². The third kappa shape index (κ3) is 3.97. The third-order valence-electron chi connectivity index (χ3n) is 4.64. The van der Waals surface area contributed by atoms with Crippen molar-refractivity contribution in [3.63, 3.8) is 0 Å². The van der Waals surface area contributed by atoms with Crippen LogP contribution in [0.15, 0.2) is 52.4 Å². The van der Waals surface area contributed by atoms with Crippen molar-refractivity contribution in [2.24, 2.45) is 0 Å². The molecule has 146 valence electrons. The number of carbonyl (C=O) groups is 1. The number of aryl methyl sites for hydroxylation is 1. The monoisotopic (exact) mass is 395 g/mol. The van der Waals surface area contributed by atoms with Crippen LogP contribution in [0.4, 0.5) is 0 Å². The Kier molecular flexibility index (Phi) is 5.89. The van der Waals surface area contributed by atoms with E-state index in [4.69, 9.17) is 4.98 Å². The van der Waals surface area contributed by atoms with E-state index in [1.54, 1.807) is 10.6 Å². The van der Waals surface area contributed by atoms with Gasteiger partial charge in [0.05, 0.1) is 21.8 Å². The maximum atomic E-state index is 13.4. The number of thioether (sulfide) groups is 1. The summed E-state index contributed by atoms with van der Waals surface area (Å²) in [6.07, 6.45) is 0. The van der Waals surface area contributed by atoms with Gasteiger partial charge in [-0.15, -0.1) is 0 Å². The lowest BCUT2D eigenvalue weighted by Crippen LogP contribution is -2.36. The molecule has 1 atom stereocenters. The second-order valence-corrected chi connectivity index (χ2v) is 8.50. The highest BCUT2D eigenvalue weighted by Gasteiger charge is 2.21. The van der Waals surface area contributed by atoms with Gasteiger partial charge in [-0.25, -0.2) is 4.98 Å². The molecule has 0 saturated heterocycles. The average Bonchev–Trinajstić information content (AvgIpc) is 2.64. The quantitative estimate of drug-likeness (QED) is 0.524. The zero-order valence-electron chi connectivity index (χ0n) is 16.8. The molecule has 0 radical (unpaired) electrons. The Morgan fingerprint density at radius 2 is 1.79 bits per heavy atom. The van der Waals surface area contributed by atoms with E-state index in [0.29, 0.717) is 16.1 Å². The van der Waals surface area contributed by atoms with Crippen LogP contribution in [-0.2, 0) is 4.79 Å². The van der Waals surface area contributed by atoms with Crippen LogP contribution in [0.25, 0.3) is 16.6 Å². The summed E-state index contributed by atoms with van der Waals surface area (Å²) in [6, 6.07) is 13.2. The molecule has 1 amide bonds. The number of benzene rings is 2. The standard InChI is InChI=1S/C22H25N3O2S/c1-13(2)23-20(26)16(5)28-22-24-18-11-7-6-10-17(18)21(27)25(22)19-12-8-9-14(3)15(19)4/h6-13,16H,1-5H3,(H,23,26). The topological polar surface area (TPSA) is 64.0 Å². The molecular weight excluding hydrogens is 370 g/mol. The van der Waals surface area contributed by atoms with Crippen molar-refractivity contribution in [1.82, 2.24) is 14.9 Å². The van der Waals surface area contributed by atoms with Crippen LogP contribution in [0.1, 0.15) is 31.9 Å². The van der Waals surface area contributed by atoms with E-state index in [1.807, 2.05) is 71.0 Å². The number of para-hydroxylation sites is 1. The number of carbonyl (C=O) groups excluding carboxylic acids is 1. The summed E-state index contributed by atoms with van der Waals surface area (Å²) in [7, 11) is 0. The summed E-state index contributed by atoms with van der Waals surface area (Å²) >= 11 is 1.30. The smallest absolute Gasteiger partial charge is 0.266 e. The van der Waals surface area contributed by atoms with Crippen molar-refractivity contribution in [3.05, 3.63) is 63.9 Å². The number of hydrogen-bond acceptors (Lipinski definition) is 4. The lowest BCUT2D eigenvalue weighted by atomic mass is 10.1. The van der Waals surface area contributed by atoms with Crippen LogP contribution in [0, 0.1) is 13.8 Å². The first-order valence-electron chi connectivity index (χ1n) is 9.35. The molecular formula is C22H25N3O2S. The highest BCUT2D eigenvalue weighted by Crippen LogP contribution is 2.27. The van der Waals surface area contributed by atoms with Gasteiger partial charge in [0.25, 0.3) is 5.56 Å². The first-order chi connectivity index (χ1) is 13.3. The van der Waals surface area contributed by atoms with Gasteiger partial charge in [-0.2, -0.15) is 0 Å². The van der Waals surface area contributed by atoms with Crippen molar-refractivity contribution >= 4 is 28.6 Å². The molecule has 1 N–H and O–H groups in total. The molecule has 0 aliphatic rings. The van der Waals surface area contributed by atoms with Gasteiger partial charge in [0, 0.05) is 6.04 Å². The van der Waals surface area contributed by atoms with E-state index in [9.17, 15) is 9.59 Å². The Labute approximate surface area is 169 Å². The van der Waals surface area contributed by atoms with Crippen molar-refractivity contribution < 1.29 is 4.79 Å². The summed E-state index contributed by atoms with van der Waals surface area (Å²) in [5.74, 6) is -0.0741. The number of hydrogen-bond donors (Lipinski definition) is 1. The molecule has 6 heteroatoms. The Hall–Kier alpha value is -2.60. The minimum Gasteiger partial charge on any atom is -0.353 e. The lowest BCUT2D eigenvalue weighted by Gasteiger charge is -2.19. The van der Waals surface area contributed by atoms with E-state index >= 15 is 0 Å². The number of nitrogens with zero attached hydrogens (tertiary/aromatic N) is 2. The molecule has 0 bridgehead atoms. The number of fused-ring (bicyclic) bond motifs is 1. The van der Waals surface area contributed by atoms with Gasteiger partial charge in [-0.05, 0) is 63.9 Å². The molecule has 0 fully saturated rings. The number of rotatable bonds is 5. The minimum absolute atomic E-state index is 0.0568. The fourth-order valence-corrected chi connectivity index (χ4v) is 3.92. The summed E-state index contributed by atoms with van der Waals surface area (Å²) in [5, 5.41) is 3.62. The first-order valence-corrected chi connectivity index (χ1v) is 10.2. The summed E-state index contributed by atoms with van der Waals surface area (Å²) in [4.78, 5) is 30.5. The fourth-order valence-electron chi connectivity index (χ4n) is 3.00. The predicted molar refractivity (Wildman–Crippen MR) is 115 cm³/mol.